The van der Waals surface area contributed by atoms with Gasteiger partial charge in [0.1, 0.15) is 0 Å². The Morgan fingerprint density at radius 2 is 1.86 bits per heavy atom. The number of thiol groups is 2. The highest BCUT2D eigenvalue weighted by Gasteiger charge is 2.66. The molecule has 0 amide bonds. The van der Waals surface area contributed by atoms with Gasteiger partial charge < -0.3 is 14.8 Å². The lowest BCUT2D eigenvalue weighted by Gasteiger charge is -2.62. The van der Waals surface area contributed by atoms with Gasteiger partial charge in [-0.15, -0.1) is 0 Å². The third kappa shape index (κ3) is 4.30. The van der Waals surface area contributed by atoms with E-state index in [9.17, 15) is 0 Å². The maximum absolute atomic E-state index is 6.39. The molecule has 0 heterocycles. The van der Waals surface area contributed by atoms with Crippen molar-refractivity contribution in [1.29, 1.82) is 0 Å². The molecule has 2 fully saturated rings. The van der Waals surface area contributed by atoms with Crippen LogP contribution in [-0.4, -0.2) is 48.5 Å². The van der Waals surface area contributed by atoms with Crippen LogP contribution in [0, 0.1) is 16.7 Å². The number of likely N-dealkylation sites (N-methyl/N-ethyl adjacent to an activating group) is 1. The molecule has 166 valence electrons. The van der Waals surface area contributed by atoms with Crippen molar-refractivity contribution in [3.63, 3.8) is 0 Å². The molecule has 0 radical (unpaired) electrons. The number of hydrogen-bond donors (Lipinski definition) is 3. The molecule has 0 aromatic heterocycles. The lowest BCUT2D eigenvalue weighted by Crippen LogP contribution is -2.62. The minimum atomic E-state index is -0.0236. The third-order valence-corrected chi connectivity index (χ3v) is 10.7. The summed E-state index contributed by atoms with van der Waals surface area (Å²) in [6.07, 6.45) is 7.17. The molecule has 3 nitrogen and oxygen atoms in total. The minimum Gasteiger partial charge on any atom is -0.377 e. The van der Waals surface area contributed by atoms with Gasteiger partial charge in [0.2, 0.25) is 0 Å². The van der Waals surface area contributed by atoms with Gasteiger partial charge in [0.15, 0.2) is 0 Å². The number of nitrogens with one attached hydrogen (secondary N) is 1. The quantitative estimate of drug-likeness (QED) is 0.320. The van der Waals surface area contributed by atoms with Crippen LogP contribution in [0.4, 0.5) is 0 Å². The molecule has 28 heavy (non-hydrogen) atoms. The van der Waals surface area contributed by atoms with E-state index in [1.807, 2.05) is 7.05 Å². The molecular weight excluding hydrogens is 386 g/mol. The second-order valence-corrected chi connectivity index (χ2v) is 11.9. The molecule has 5 heteroatoms. The Bertz CT molecular complexity index is 517. The molecule has 0 aromatic carbocycles. The summed E-state index contributed by atoms with van der Waals surface area (Å²) >= 11 is 10.8. The first-order valence-electron chi connectivity index (χ1n) is 11.3. The highest BCUT2D eigenvalue weighted by Crippen LogP contribution is 2.68. The summed E-state index contributed by atoms with van der Waals surface area (Å²) in [5.41, 5.74) is 0.306. The molecule has 0 aliphatic heterocycles. The van der Waals surface area contributed by atoms with Crippen molar-refractivity contribution in [2.45, 2.75) is 102 Å². The summed E-state index contributed by atoms with van der Waals surface area (Å²) in [4.78, 5) is 0. The third-order valence-electron chi connectivity index (χ3n) is 8.40. The monoisotopic (exact) mass is 431 g/mol. The molecule has 2 rings (SSSR count). The molecule has 2 aliphatic rings. The Morgan fingerprint density at radius 1 is 1.18 bits per heavy atom. The molecule has 2 saturated carbocycles. The summed E-state index contributed by atoms with van der Waals surface area (Å²) in [6, 6.07) is 0.378. The molecule has 6 unspecified atom stereocenters. The van der Waals surface area contributed by atoms with Crippen LogP contribution >= 0.6 is 25.3 Å². The lowest BCUT2D eigenvalue weighted by molar-refractivity contribution is -0.0756. The van der Waals surface area contributed by atoms with E-state index in [-0.39, 0.29) is 26.4 Å². The maximum Gasteiger partial charge on any atom is 0.0704 e. The lowest BCUT2D eigenvalue weighted by atomic mass is 9.53. The zero-order valence-electron chi connectivity index (χ0n) is 19.3. The topological polar surface area (TPSA) is 30.5 Å². The number of hydrogen-bond acceptors (Lipinski definition) is 5. The molecule has 0 saturated heterocycles. The van der Waals surface area contributed by atoms with Crippen LogP contribution < -0.4 is 5.32 Å². The summed E-state index contributed by atoms with van der Waals surface area (Å²) in [6.45, 7) is 16.1. The standard InChI is InChI=1S/C23H45NO2S2/c1-8-10-20(4,5)22(27)13-12-21(6)19(9-11-23(21,28)18(22)3)26-15-14-25-16-17(2)24-7/h17-19,24,27-28H,8-16H2,1-7H3. The second-order valence-electron chi connectivity index (χ2n) is 10.3. The predicted molar refractivity (Wildman–Crippen MR) is 127 cm³/mol. The SMILES string of the molecule is CCCC(C)(C)C1(S)CCC2(C)C(OCCOCC(C)NC)CCC2(S)C1C. The summed E-state index contributed by atoms with van der Waals surface area (Å²) in [7, 11) is 1.96. The number of ether oxygens (including phenoxy) is 2. The van der Waals surface area contributed by atoms with Gasteiger partial charge in [0.05, 0.1) is 25.9 Å². The van der Waals surface area contributed by atoms with E-state index in [4.69, 9.17) is 34.7 Å². The highest BCUT2D eigenvalue weighted by molar-refractivity contribution is 7.83. The van der Waals surface area contributed by atoms with E-state index >= 15 is 0 Å². The van der Waals surface area contributed by atoms with Gasteiger partial charge in [-0.2, -0.15) is 25.3 Å². The van der Waals surface area contributed by atoms with Gasteiger partial charge >= 0.3 is 0 Å². The van der Waals surface area contributed by atoms with Crippen LogP contribution in [-0.2, 0) is 9.47 Å². The van der Waals surface area contributed by atoms with Crippen molar-refractivity contribution in [2.75, 3.05) is 26.9 Å². The van der Waals surface area contributed by atoms with E-state index in [0.29, 0.717) is 25.2 Å². The first kappa shape index (κ1) is 24.8. The molecule has 6 atom stereocenters. The van der Waals surface area contributed by atoms with Gasteiger partial charge in [0.25, 0.3) is 0 Å². The fourth-order valence-electron chi connectivity index (χ4n) is 6.01. The molecule has 0 spiro atoms. The van der Waals surface area contributed by atoms with Crippen molar-refractivity contribution in [1.82, 2.24) is 5.32 Å². The molecular formula is C23H45NO2S2. The fraction of sp³-hybridized carbons (Fsp3) is 1.00. The summed E-state index contributed by atoms with van der Waals surface area (Å²) in [5, 5.41) is 3.20. The van der Waals surface area contributed by atoms with E-state index in [1.165, 1.54) is 12.8 Å². The molecule has 0 bridgehead atoms. The Balaban J connectivity index is 2.03. The largest absolute Gasteiger partial charge is 0.377 e. The van der Waals surface area contributed by atoms with Crippen LogP contribution in [0.5, 0.6) is 0 Å². The van der Waals surface area contributed by atoms with Crippen LogP contribution in [0.1, 0.15) is 80.1 Å². The number of rotatable bonds is 10. The van der Waals surface area contributed by atoms with Gasteiger partial charge in [0, 0.05) is 21.0 Å². The minimum absolute atomic E-state index is 0.0194. The molecule has 1 N–H and O–H groups in total. The summed E-state index contributed by atoms with van der Waals surface area (Å²) in [5.74, 6) is 0.438. The second kappa shape index (κ2) is 9.38. The Labute approximate surface area is 185 Å². The van der Waals surface area contributed by atoms with Crippen LogP contribution in [0.2, 0.25) is 0 Å². The van der Waals surface area contributed by atoms with Crippen molar-refractivity contribution in [2.24, 2.45) is 16.7 Å². The van der Waals surface area contributed by atoms with Crippen LogP contribution in [0.15, 0.2) is 0 Å². The highest BCUT2D eigenvalue weighted by atomic mass is 32.1. The van der Waals surface area contributed by atoms with Crippen molar-refractivity contribution in [3.05, 3.63) is 0 Å². The maximum atomic E-state index is 6.39. The van der Waals surface area contributed by atoms with E-state index in [1.54, 1.807) is 0 Å². The average molecular weight is 432 g/mol. The number of fused-ring (bicyclic) bond motifs is 1. The average Bonchev–Trinajstić information content (AvgIpc) is 2.91. The van der Waals surface area contributed by atoms with Gasteiger partial charge in [-0.1, -0.05) is 41.0 Å². The first-order chi connectivity index (χ1) is 13.0. The van der Waals surface area contributed by atoms with Crippen molar-refractivity contribution >= 4 is 25.3 Å². The smallest absolute Gasteiger partial charge is 0.0704 e. The van der Waals surface area contributed by atoms with E-state index < -0.39 is 0 Å². The normalized spacial score (nSPS) is 39.8. The van der Waals surface area contributed by atoms with Crippen molar-refractivity contribution in [3.8, 4) is 0 Å². The Morgan fingerprint density at radius 3 is 2.46 bits per heavy atom. The van der Waals surface area contributed by atoms with Crippen LogP contribution in [0.3, 0.4) is 0 Å². The Kier molecular flexibility index (Phi) is 8.32. The Hall–Kier alpha value is 0.580. The predicted octanol–water partition coefficient (Wildman–Crippen LogP) is 5.39. The van der Waals surface area contributed by atoms with Gasteiger partial charge in [-0.3, -0.25) is 0 Å². The van der Waals surface area contributed by atoms with Crippen molar-refractivity contribution < 1.29 is 9.47 Å². The molecule has 2 aliphatic carbocycles. The summed E-state index contributed by atoms with van der Waals surface area (Å²) < 4.78 is 12.1. The zero-order valence-corrected chi connectivity index (χ0v) is 21.1. The van der Waals surface area contributed by atoms with E-state index in [0.717, 1.165) is 32.3 Å². The van der Waals surface area contributed by atoms with E-state index in [2.05, 4.69) is 46.9 Å². The fourth-order valence-corrected chi connectivity index (χ4v) is 7.16. The van der Waals surface area contributed by atoms with Gasteiger partial charge in [-0.05, 0) is 57.4 Å². The van der Waals surface area contributed by atoms with Crippen LogP contribution in [0.25, 0.3) is 0 Å². The van der Waals surface area contributed by atoms with Gasteiger partial charge in [-0.25, -0.2) is 0 Å². The zero-order chi connectivity index (χ0) is 21.2. The molecule has 0 aromatic rings. The first-order valence-corrected chi connectivity index (χ1v) is 12.2.